The highest BCUT2D eigenvalue weighted by Crippen LogP contribution is 2.29. The molecule has 0 radical (unpaired) electrons. The van der Waals surface area contributed by atoms with Crippen molar-refractivity contribution in [3.63, 3.8) is 0 Å². The summed E-state index contributed by atoms with van der Waals surface area (Å²) in [5.41, 5.74) is 6.99. The van der Waals surface area contributed by atoms with Gasteiger partial charge in [0.2, 0.25) is 0 Å². The molecule has 0 saturated heterocycles. The van der Waals surface area contributed by atoms with Gasteiger partial charge in [0.25, 0.3) is 0 Å². The lowest BCUT2D eigenvalue weighted by Gasteiger charge is -2.07. The summed E-state index contributed by atoms with van der Waals surface area (Å²) in [6, 6.07) is 16.8. The SMILES string of the molecule is C[C@H](N)c1ccc(Sc2cccc(Br)c2)cc1. The minimum absolute atomic E-state index is 0.0971. The predicted octanol–water partition coefficient (Wildman–Crippen LogP) is 4.62. The van der Waals surface area contributed by atoms with Crippen LogP contribution >= 0.6 is 27.7 Å². The van der Waals surface area contributed by atoms with E-state index in [-0.39, 0.29) is 6.04 Å². The predicted molar refractivity (Wildman–Crippen MR) is 77.3 cm³/mol. The van der Waals surface area contributed by atoms with E-state index in [1.54, 1.807) is 11.8 Å². The van der Waals surface area contributed by atoms with Crippen molar-refractivity contribution >= 4 is 27.7 Å². The van der Waals surface area contributed by atoms with Crippen LogP contribution in [-0.2, 0) is 0 Å². The Hall–Kier alpha value is -0.770. The summed E-state index contributed by atoms with van der Waals surface area (Å²) in [4.78, 5) is 2.46. The van der Waals surface area contributed by atoms with Gasteiger partial charge in [0.05, 0.1) is 0 Å². The van der Waals surface area contributed by atoms with Gasteiger partial charge in [0.1, 0.15) is 0 Å². The Balaban J connectivity index is 2.14. The van der Waals surface area contributed by atoms with Crippen LogP contribution < -0.4 is 5.73 Å². The van der Waals surface area contributed by atoms with Crippen LogP contribution in [0.2, 0.25) is 0 Å². The van der Waals surface area contributed by atoms with E-state index in [1.807, 2.05) is 19.1 Å². The summed E-state index contributed by atoms with van der Waals surface area (Å²) in [5.74, 6) is 0. The van der Waals surface area contributed by atoms with Crippen LogP contribution in [0.4, 0.5) is 0 Å². The fourth-order valence-electron chi connectivity index (χ4n) is 1.51. The van der Waals surface area contributed by atoms with Gasteiger partial charge in [-0.3, -0.25) is 0 Å². The largest absolute Gasteiger partial charge is 0.324 e. The zero-order valence-electron chi connectivity index (χ0n) is 9.56. The second kappa shape index (κ2) is 5.71. The summed E-state index contributed by atoms with van der Waals surface area (Å²) in [6.45, 7) is 2.00. The third-order valence-corrected chi connectivity index (χ3v) is 3.93. The minimum atomic E-state index is 0.0971. The monoisotopic (exact) mass is 307 g/mol. The Morgan fingerprint density at radius 2 is 1.76 bits per heavy atom. The van der Waals surface area contributed by atoms with Crippen LogP contribution in [0.3, 0.4) is 0 Å². The lowest BCUT2D eigenvalue weighted by atomic mass is 10.1. The maximum Gasteiger partial charge on any atom is 0.0266 e. The van der Waals surface area contributed by atoms with E-state index < -0.39 is 0 Å². The summed E-state index contributed by atoms with van der Waals surface area (Å²) in [5, 5.41) is 0. The number of nitrogens with two attached hydrogens (primary N) is 1. The number of halogens is 1. The fourth-order valence-corrected chi connectivity index (χ4v) is 2.93. The average Bonchev–Trinajstić information content (AvgIpc) is 2.29. The first-order chi connectivity index (χ1) is 8.15. The molecule has 17 heavy (non-hydrogen) atoms. The number of rotatable bonds is 3. The molecule has 0 aromatic heterocycles. The number of benzene rings is 2. The second-order valence-corrected chi connectivity index (χ2v) is 5.98. The van der Waals surface area contributed by atoms with Crippen LogP contribution in [0, 0.1) is 0 Å². The topological polar surface area (TPSA) is 26.0 Å². The Morgan fingerprint density at radius 1 is 1.06 bits per heavy atom. The van der Waals surface area contributed by atoms with Gasteiger partial charge in [-0.15, -0.1) is 0 Å². The van der Waals surface area contributed by atoms with Crippen molar-refractivity contribution in [3.05, 3.63) is 58.6 Å². The maximum absolute atomic E-state index is 5.82. The summed E-state index contributed by atoms with van der Waals surface area (Å²) >= 11 is 5.23. The Morgan fingerprint density at radius 3 is 2.35 bits per heavy atom. The molecule has 0 heterocycles. The van der Waals surface area contributed by atoms with E-state index in [0.29, 0.717) is 0 Å². The van der Waals surface area contributed by atoms with Crippen molar-refractivity contribution in [1.82, 2.24) is 0 Å². The zero-order valence-corrected chi connectivity index (χ0v) is 12.0. The lowest BCUT2D eigenvalue weighted by Crippen LogP contribution is -2.04. The van der Waals surface area contributed by atoms with E-state index in [2.05, 4.69) is 52.3 Å². The van der Waals surface area contributed by atoms with Gasteiger partial charge < -0.3 is 5.73 Å². The Labute approximate surface area is 115 Å². The first-order valence-corrected chi connectivity index (χ1v) is 7.05. The summed E-state index contributed by atoms with van der Waals surface area (Å²) < 4.78 is 1.11. The van der Waals surface area contributed by atoms with Crippen LogP contribution in [-0.4, -0.2) is 0 Å². The highest BCUT2D eigenvalue weighted by atomic mass is 79.9. The third-order valence-electron chi connectivity index (χ3n) is 2.44. The van der Waals surface area contributed by atoms with Crippen LogP contribution in [0.1, 0.15) is 18.5 Å². The van der Waals surface area contributed by atoms with Gasteiger partial charge in [-0.05, 0) is 42.8 Å². The molecule has 2 N–H and O–H groups in total. The molecule has 0 aliphatic heterocycles. The van der Waals surface area contributed by atoms with Gasteiger partial charge in [0.15, 0.2) is 0 Å². The zero-order chi connectivity index (χ0) is 12.3. The highest BCUT2D eigenvalue weighted by Gasteiger charge is 2.01. The van der Waals surface area contributed by atoms with Crippen LogP contribution in [0.15, 0.2) is 62.8 Å². The average molecular weight is 308 g/mol. The first kappa shape index (κ1) is 12.7. The van der Waals surface area contributed by atoms with Gasteiger partial charge in [-0.25, -0.2) is 0 Å². The first-order valence-electron chi connectivity index (χ1n) is 5.44. The molecule has 2 aromatic rings. The van der Waals surface area contributed by atoms with Crippen molar-refractivity contribution in [1.29, 1.82) is 0 Å². The van der Waals surface area contributed by atoms with Crippen molar-refractivity contribution in [3.8, 4) is 0 Å². The number of hydrogen-bond donors (Lipinski definition) is 1. The van der Waals surface area contributed by atoms with Crippen molar-refractivity contribution in [2.45, 2.75) is 22.8 Å². The van der Waals surface area contributed by atoms with Gasteiger partial charge in [-0.1, -0.05) is 45.9 Å². The molecule has 3 heteroatoms. The van der Waals surface area contributed by atoms with Gasteiger partial charge >= 0.3 is 0 Å². The van der Waals surface area contributed by atoms with Crippen molar-refractivity contribution in [2.24, 2.45) is 5.73 Å². The van der Waals surface area contributed by atoms with Crippen molar-refractivity contribution in [2.75, 3.05) is 0 Å². The van der Waals surface area contributed by atoms with Gasteiger partial charge in [-0.2, -0.15) is 0 Å². The molecule has 0 spiro atoms. The van der Waals surface area contributed by atoms with Crippen LogP contribution in [0.25, 0.3) is 0 Å². The van der Waals surface area contributed by atoms with Gasteiger partial charge in [0, 0.05) is 20.3 Å². The maximum atomic E-state index is 5.82. The second-order valence-electron chi connectivity index (χ2n) is 3.92. The van der Waals surface area contributed by atoms with E-state index >= 15 is 0 Å². The van der Waals surface area contributed by atoms with E-state index in [9.17, 15) is 0 Å². The third kappa shape index (κ3) is 3.60. The normalized spacial score (nSPS) is 12.4. The van der Waals surface area contributed by atoms with E-state index in [4.69, 9.17) is 5.73 Å². The molecule has 1 nitrogen and oxygen atoms in total. The van der Waals surface area contributed by atoms with Crippen LogP contribution in [0.5, 0.6) is 0 Å². The minimum Gasteiger partial charge on any atom is -0.324 e. The molecule has 1 atom stereocenters. The lowest BCUT2D eigenvalue weighted by molar-refractivity contribution is 0.817. The fraction of sp³-hybridized carbons (Fsp3) is 0.143. The molecular weight excluding hydrogens is 294 g/mol. The molecule has 0 aliphatic rings. The molecular formula is C14H14BrNS. The molecule has 0 saturated carbocycles. The molecule has 0 fully saturated rings. The van der Waals surface area contributed by atoms with Crippen molar-refractivity contribution < 1.29 is 0 Å². The molecule has 88 valence electrons. The quantitative estimate of drug-likeness (QED) is 0.895. The molecule has 0 unspecified atom stereocenters. The smallest absolute Gasteiger partial charge is 0.0266 e. The molecule has 2 aromatic carbocycles. The summed E-state index contributed by atoms with van der Waals surface area (Å²) in [7, 11) is 0. The van der Waals surface area contributed by atoms with E-state index in [0.717, 1.165) is 4.47 Å². The Kier molecular flexibility index (Phi) is 4.26. The molecule has 2 rings (SSSR count). The molecule has 0 aliphatic carbocycles. The molecule has 0 amide bonds. The standard InChI is InChI=1S/C14H14BrNS/c1-10(16)11-5-7-13(8-6-11)17-14-4-2-3-12(15)9-14/h2-10H,16H2,1H3/t10-/m0/s1. The highest BCUT2D eigenvalue weighted by molar-refractivity contribution is 9.10. The van der Waals surface area contributed by atoms with E-state index in [1.165, 1.54) is 15.4 Å². The molecule has 0 bridgehead atoms. The Bertz CT molecular complexity index is 494. The summed E-state index contributed by atoms with van der Waals surface area (Å²) in [6.07, 6.45) is 0. The number of hydrogen-bond acceptors (Lipinski definition) is 2.